The van der Waals surface area contributed by atoms with Crippen molar-refractivity contribution >= 4 is 22.6 Å². The number of benzene rings is 1. The zero-order chi connectivity index (χ0) is 14.2. The van der Waals surface area contributed by atoms with Crippen LogP contribution >= 0.6 is 11.6 Å². The Labute approximate surface area is 126 Å². The zero-order valence-corrected chi connectivity index (χ0v) is 13.2. The van der Waals surface area contributed by atoms with Crippen LogP contribution < -0.4 is 0 Å². The molecule has 1 saturated carbocycles. The summed E-state index contributed by atoms with van der Waals surface area (Å²) in [5.74, 6) is 1.78. The van der Waals surface area contributed by atoms with E-state index in [0.29, 0.717) is 11.3 Å². The smallest absolute Gasteiger partial charge is 0.111 e. The normalized spacial score (nSPS) is 17.9. The van der Waals surface area contributed by atoms with E-state index >= 15 is 0 Å². The van der Waals surface area contributed by atoms with Gasteiger partial charge >= 0.3 is 0 Å². The Kier molecular flexibility index (Phi) is 3.76. The van der Waals surface area contributed by atoms with Gasteiger partial charge < -0.3 is 4.57 Å². The molecule has 1 aliphatic rings. The predicted octanol–water partition coefficient (Wildman–Crippen LogP) is 4.71. The van der Waals surface area contributed by atoms with Gasteiger partial charge in [0.05, 0.1) is 11.0 Å². The van der Waals surface area contributed by atoms with Crippen LogP contribution in [0, 0.1) is 12.3 Å². The predicted molar refractivity (Wildman–Crippen MR) is 85.5 cm³/mol. The minimum atomic E-state index is 0.430. The third kappa shape index (κ3) is 2.58. The second-order valence-electron chi connectivity index (χ2n) is 6.56. The van der Waals surface area contributed by atoms with Crippen molar-refractivity contribution in [2.75, 3.05) is 5.88 Å². The molecule has 1 aliphatic carbocycles. The number of hydrogen-bond donors (Lipinski definition) is 0. The number of hydrogen-bond acceptors (Lipinski definition) is 1. The maximum atomic E-state index is 5.96. The van der Waals surface area contributed by atoms with Gasteiger partial charge in [0.25, 0.3) is 0 Å². The van der Waals surface area contributed by atoms with Gasteiger partial charge in [0.2, 0.25) is 0 Å². The molecule has 2 nitrogen and oxygen atoms in total. The number of imidazole rings is 1. The fourth-order valence-electron chi connectivity index (χ4n) is 3.51. The molecular weight excluding hydrogens is 268 g/mol. The Hall–Kier alpha value is -1.02. The van der Waals surface area contributed by atoms with E-state index in [4.69, 9.17) is 16.6 Å². The van der Waals surface area contributed by atoms with E-state index in [1.54, 1.807) is 0 Å². The molecule has 0 unspecified atom stereocenters. The van der Waals surface area contributed by atoms with Gasteiger partial charge in [-0.25, -0.2) is 4.98 Å². The van der Waals surface area contributed by atoms with E-state index in [2.05, 4.69) is 36.6 Å². The lowest BCUT2D eigenvalue weighted by atomic mass is 9.88. The van der Waals surface area contributed by atoms with Crippen molar-refractivity contribution in [1.82, 2.24) is 9.55 Å². The molecule has 0 N–H and O–H groups in total. The number of aromatic nitrogens is 2. The zero-order valence-electron chi connectivity index (χ0n) is 12.5. The summed E-state index contributed by atoms with van der Waals surface area (Å²) in [6.07, 6.45) is 6.25. The summed E-state index contributed by atoms with van der Waals surface area (Å²) in [6, 6.07) is 6.58. The largest absolute Gasteiger partial charge is 0.327 e. The molecule has 0 saturated heterocycles. The molecule has 20 heavy (non-hydrogen) atoms. The standard InChI is InChI=1S/C17H23ClN2/c1-13-5-6-15-14(11-13)19-16(7-10-18)20(15)12-17(2)8-3-4-9-17/h5-6,11H,3-4,7-10,12H2,1-2H3. The molecule has 0 radical (unpaired) electrons. The first-order valence-corrected chi connectivity index (χ1v) is 8.16. The molecule has 0 aliphatic heterocycles. The van der Waals surface area contributed by atoms with Crippen LogP contribution in [-0.2, 0) is 13.0 Å². The summed E-state index contributed by atoms with van der Waals surface area (Å²) in [5, 5.41) is 0. The monoisotopic (exact) mass is 290 g/mol. The Morgan fingerprint density at radius 1 is 1.30 bits per heavy atom. The van der Waals surface area contributed by atoms with Crippen molar-refractivity contribution in [2.45, 2.75) is 52.5 Å². The van der Waals surface area contributed by atoms with Gasteiger partial charge in [-0.2, -0.15) is 0 Å². The van der Waals surface area contributed by atoms with Crippen LogP contribution in [0.5, 0.6) is 0 Å². The number of rotatable bonds is 4. The van der Waals surface area contributed by atoms with Crippen molar-refractivity contribution in [3.8, 4) is 0 Å². The summed E-state index contributed by atoms with van der Waals surface area (Å²) in [7, 11) is 0. The molecule has 0 amide bonds. The van der Waals surface area contributed by atoms with Crippen LogP contribution in [0.15, 0.2) is 18.2 Å². The third-order valence-corrected chi connectivity index (χ3v) is 4.84. The summed E-state index contributed by atoms with van der Waals surface area (Å²) in [6.45, 7) is 5.63. The SMILES string of the molecule is Cc1ccc2c(c1)nc(CCCl)n2CC1(C)CCCC1. The highest BCUT2D eigenvalue weighted by molar-refractivity contribution is 6.17. The maximum Gasteiger partial charge on any atom is 0.111 e. The second-order valence-corrected chi connectivity index (χ2v) is 6.94. The first-order valence-electron chi connectivity index (χ1n) is 7.63. The summed E-state index contributed by atoms with van der Waals surface area (Å²) < 4.78 is 2.42. The molecule has 0 spiro atoms. The Morgan fingerprint density at radius 3 is 2.75 bits per heavy atom. The molecule has 3 heteroatoms. The van der Waals surface area contributed by atoms with Gasteiger partial charge in [0.15, 0.2) is 0 Å². The highest BCUT2D eigenvalue weighted by Gasteiger charge is 2.30. The van der Waals surface area contributed by atoms with Crippen LogP contribution in [0.3, 0.4) is 0 Å². The summed E-state index contributed by atoms with van der Waals surface area (Å²) >= 11 is 5.96. The molecule has 1 aromatic carbocycles. The van der Waals surface area contributed by atoms with Gasteiger partial charge in [0, 0.05) is 18.8 Å². The molecule has 1 aromatic heterocycles. The Morgan fingerprint density at radius 2 is 2.05 bits per heavy atom. The Balaban J connectivity index is 2.04. The fraction of sp³-hybridized carbons (Fsp3) is 0.588. The van der Waals surface area contributed by atoms with Gasteiger partial charge in [-0.1, -0.05) is 25.8 Å². The average molecular weight is 291 g/mol. The number of alkyl halides is 1. The van der Waals surface area contributed by atoms with Crippen molar-refractivity contribution in [3.63, 3.8) is 0 Å². The molecule has 0 bridgehead atoms. The molecule has 108 valence electrons. The number of nitrogens with zero attached hydrogens (tertiary/aromatic N) is 2. The van der Waals surface area contributed by atoms with Gasteiger partial charge in [-0.05, 0) is 42.9 Å². The minimum absolute atomic E-state index is 0.430. The molecule has 1 heterocycles. The fourth-order valence-corrected chi connectivity index (χ4v) is 3.68. The molecule has 1 fully saturated rings. The van der Waals surface area contributed by atoms with Crippen LogP contribution in [0.2, 0.25) is 0 Å². The van der Waals surface area contributed by atoms with Crippen LogP contribution in [0.1, 0.15) is 44.0 Å². The Bertz CT molecular complexity index is 609. The first-order chi connectivity index (χ1) is 9.61. The lowest BCUT2D eigenvalue weighted by Gasteiger charge is -2.25. The number of aryl methyl sites for hydroxylation is 2. The van der Waals surface area contributed by atoms with Crippen LogP contribution in [0.4, 0.5) is 0 Å². The molecule has 0 atom stereocenters. The van der Waals surface area contributed by atoms with Crippen molar-refractivity contribution in [3.05, 3.63) is 29.6 Å². The number of fused-ring (bicyclic) bond motifs is 1. The second kappa shape index (κ2) is 5.40. The van der Waals surface area contributed by atoms with E-state index in [9.17, 15) is 0 Å². The highest BCUT2D eigenvalue weighted by atomic mass is 35.5. The van der Waals surface area contributed by atoms with Crippen LogP contribution in [0.25, 0.3) is 11.0 Å². The lowest BCUT2D eigenvalue weighted by Crippen LogP contribution is -2.21. The van der Waals surface area contributed by atoms with E-state index in [1.807, 2.05) is 0 Å². The quantitative estimate of drug-likeness (QED) is 0.746. The lowest BCUT2D eigenvalue weighted by molar-refractivity contribution is 0.282. The first kappa shape index (κ1) is 13.9. The average Bonchev–Trinajstić information content (AvgIpc) is 2.96. The van der Waals surface area contributed by atoms with Crippen molar-refractivity contribution < 1.29 is 0 Å². The molecule has 3 rings (SSSR count). The van der Waals surface area contributed by atoms with E-state index in [-0.39, 0.29) is 0 Å². The minimum Gasteiger partial charge on any atom is -0.327 e. The number of halogens is 1. The van der Waals surface area contributed by atoms with Gasteiger partial charge in [-0.15, -0.1) is 11.6 Å². The molecule has 2 aromatic rings. The van der Waals surface area contributed by atoms with E-state index < -0.39 is 0 Å². The summed E-state index contributed by atoms with van der Waals surface area (Å²) in [5.41, 5.74) is 4.08. The van der Waals surface area contributed by atoms with E-state index in [0.717, 1.165) is 24.3 Å². The highest BCUT2D eigenvalue weighted by Crippen LogP contribution is 2.40. The topological polar surface area (TPSA) is 17.8 Å². The van der Waals surface area contributed by atoms with Gasteiger partial charge in [0.1, 0.15) is 5.82 Å². The molecular formula is C17H23ClN2. The maximum absolute atomic E-state index is 5.96. The third-order valence-electron chi connectivity index (χ3n) is 4.65. The van der Waals surface area contributed by atoms with E-state index in [1.165, 1.54) is 36.8 Å². The van der Waals surface area contributed by atoms with Gasteiger partial charge in [-0.3, -0.25) is 0 Å². The summed E-state index contributed by atoms with van der Waals surface area (Å²) in [4.78, 5) is 4.81. The van der Waals surface area contributed by atoms with Crippen LogP contribution in [-0.4, -0.2) is 15.4 Å². The van der Waals surface area contributed by atoms with Crippen molar-refractivity contribution in [1.29, 1.82) is 0 Å². The van der Waals surface area contributed by atoms with Crippen molar-refractivity contribution in [2.24, 2.45) is 5.41 Å².